The predicted octanol–water partition coefficient (Wildman–Crippen LogP) is 3.07. The summed E-state index contributed by atoms with van der Waals surface area (Å²) in [6.45, 7) is 2.04. The molecule has 0 aliphatic rings. The summed E-state index contributed by atoms with van der Waals surface area (Å²) in [6, 6.07) is 15.5. The molecule has 0 unspecified atom stereocenters. The number of hydrogen-bond donors (Lipinski definition) is 1. The van der Waals surface area contributed by atoms with E-state index in [-0.39, 0.29) is 5.43 Å². The van der Waals surface area contributed by atoms with E-state index < -0.39 is 0 Å². The van der Waals surface area contributed by atoms with Crippen molar-refractivity contribution in [3.05, 3.63) is 76.2 Å². The van der Waals surface area contributed by atoms with Gasteiger partial charge in [0, 0.05) is 5.39 Å². The number of benzene rings is 2. The van der Waals surface area contributed by atoms with Crippen molar-refractivity contribution in [3.8, 4) is 0 Å². The molecule has 4 aromatic rings. The van der Waals surface area contributed by atoms with Gasteiger partial charge in [-0.3, -0.25) is 4.79 Å². The smallest absolute Gasteiger partial charge is 0.217 e. The number of rotatable bonds is 2. The van der Waals surface area contributed by atoms with Crippen LogP contribution in [0, 0.1) is 6.92 Å². The molecule has 23 heavy (non-hydrogen) atoms. The van der Waals surface area contributed by atoms with Crippen molar-refractivity contribution in [1.29, 1.82) is 0 Å². The van der Waals surface area contributed by atoms with Gasteiger partial charge in [0.2, 0.25) is 5.43 Å². The van der Waals surface area contributed by atoms with Crippen LogP contribution in [0.4, 0.5) is 0 Å². The monoisotopic (exact) mass is 302 g/mol. The minimum atomic E-state index is -0.0846. The van der Waals surface area contributed by atoms with Gasteiger partial charge in [0.05, 0.1) is 11.7 Å². The largest absolute Gasteiger partial charge is 0.338 e. The highest BCUT2D eigenvalue weighted by atomic mass is 16.1. The van der Waals surface area contributed by atoms with Gasteiger partial charge in [-0.25, -0.2) is 9.66 Å². The Morgan fingerprint density at radius 1 is 1.13 bits per heavy atom. The molecule has 0 radical (unpaired) electrons. The van der Waals surface area contributed by atoms with Crippen LogP contribution in [0.3, 0.4) is 0 Å². The van der Waals surface area contributed by atoms with E-state index in [0.29, 0.717) is 16.6 Å². The van der Waals surface area contributed by atoms with Gasteiger partial charge in [-0.15, -0.1) is 0 Å². The van der Waals surface area contributed by atoms with Crippen molar-refractivity contribution >= 4 is 28.3 Å². The van der Waals surface area contributed by atoms with Gasteiger partial charge in [-0.2, -0.15) is 5.10 Å². The van der Waals surface area contributed by atoms with E-state index in [1.807, 2.05) is 49.4 Å². The van der Waals surface area contributed by atoms with E-state index in [9.17, 15) is 4.79 Å². The Morgan fingerprint density at radius 3 is 2.74 bits per heavy atom. The van der Waals surface area contributed by atoms with Gasteiger partial charge >= 0.3 is 0 Å². The van der Waals surface area contributed by atoms with Crippen LogP contribution in [0.2, 0.25) is 0 Å². The number of aryl methyl sites for hydroxylation is 1. The zero-order valence-electron chi connectivity index (χ0n) is 12.5. The number of fused-ring (bicyclic) bond motifs is 2. The first-order valence-corrected chi connectivity index (χ1v) is 7.31. The Balaban J connectivity index is 1.85. The molecule has 0 spiro atoms. The van der Waals surface area contributed by atoms with Crippen LogP contribution >= 0.6 is 0 Å². The molecule has 4 rings (SSSR count). The molecule has 0 fully saturated rings. The average Bonchev–Trinajstić information content (AvgIpc) is 2.98. The Morgan fingerprint density at radius 2 is 1.91 bits per heavy atom. The minimum Gasteiger partial charge on any atom is -0.338 e. The van der Waals surface area contributed by atoms with Gasteiger partial charge < -0.3 is 4.98 Å². The highest BCUT2D eigenvalue weighted by Gasteiger charge is 2.09. The highest BCUT2D eigenvalue weighted by Crippen LogP contribution is 2.13. The standard InChI is InChI=1S/C18H14N4O/c1-12-6-8-13(9-7-12)10-20-22-11-19-16-17(23)14-4-2-3-5-15(14)21-18(16)22/h2-11H,1H3,(H,21,23). The average molecular weight is 302 g/mol. The number of aromatic nitrogens is 3. The van der Waals surface area contributed by atoms with Crippen LogP contribution in [0.1, 0.15) is 11.1 Å². The summed E-state index contributed by atoms with van der Waals surface area (Å²) < 4.78 is 1.59. The zero-order valence-corrected chi connectivity index (χ0v) is 12.5. The molecule has 0 atom stereocenters. The summed E-state index contributed by atoms with van der Waals surface area (Å²) in [7, 11) is 0. The molecular formula is C18H14N4O. The fraction of sp³-hybridized carbons (Fsp3) is 0.0556. The number of nitrogens with zero attached hydrogens (tertiary/aromatic N) is 3. The molecule has 0 aliphatic carbocycles. The fourth-order valence-electron chi connectivity index (χ4n) is 2.54. The maximum absolute atomic E-state index is 12.5. The van der Waals surface area contributed by atoms with E-state index in [1.165, 1.54) is 5.56 Å². The summed E-state index contributed by atoms with van der Waals surface area (Å²) in [5.41, 5.74) is 3.87. The maximum atomic E-state index is 12.5. The normalized spacial score (nSPS) is 11.7. The predicted molar refractivity (Wildman–Crippen MR) is 92.0 cm³/mol. The third-order valence-electron chi connectivity index (χ3n) is 3.80. The van der Waals surface area contributed by atoms with E-state index in [2.05, 4.69) is 15.1 Å². The number of aromatic amines is 1. The molecule has 0 amide bonds. The molecule has 0 bridgehead atoms. The van der Waals surface area contributed by atoms with Crippen molar-refractivity contribution in [2.24, 2.45) is 5.10 Å². The minimum absolute atomic E-state index is 0.0846. The van der Waals surface area contributed by atoms with E-state index >= 15 is 0 Å². The maximum Gasteiger partial charge on any atom is 0.217 e. The highest BCUT2D eigenvalue weighted by molar-refractivity contribution is 5.89. The first kappa shape index (κ1) is 13.5. The van der Waals surface area contributed by atoms with Crippen LogP contribution in [0.5, 0.6) is 0 Å². The summed E-state index contributed by atoms with van der Waals surface area (Å²) >= 11 is 0. The van der Waals surface area contributed by atoms with E-state index in [4.69, 9.17) is 0 Å². The molecule has 0 aliphatic heterocycles. The molecule has 5 heteroatoms. The van der Waals surface area contributed by atoms with Gasteiger partial charge in [-0.05, 0) is 24.6 Å². The zero-order chi connectivity index (χ0) is 15.8. The van der Waals surface area contributed by atoms with Gasteiger partial charge in [-0.1, -0.05) is 42.0 Å². The fourth-order valence-corrected chi connectivity index (χ4v) is 2.54. The lowest BCUT2D eigenvalue weighted by molar-refractivity contribution is 0.902. The summed E-state index contributed by atoms with van der Waals surface area (Å²) in [4.78, 5) is 19.9. The summed E-state index contributed by atoms with van der Waals surface area (Å²) in [5, 5.41) is 5.03. The topological polar surface area (TPSA) is 63.0 Å². The van der Waals surface area contributed by atoms with Crippen molar-refractivity contribution in [1.82, 2.24) is 14.6 Å². The lowest BCUT2D eigenvalue weighted by atomic mass is 10.2. The Hall–Kier alpha value is -3.21. The lowest BCUT2D eigenvalue weighted by Gasteiger charge is -2.00. The van der Waals surface area contributed by atoms with Crippen LogP contribution in [-0.2, 0) is 0 Å². The lowest BCUT2D eigenvalue weighted by Crippen LogP contribution is -2.04. The summed E-state index contributed by atoms with van der Waals surface area (Å²) in [6.07, 6.45) is 3.29. The third kappa shape index (κ3) is 2.32. The van der Waals surface area contributed by atoms with Gasteiger partial charge in [0.1, 0.15) is 6.33 Å². The molecule has 112 valence electrons. The number of imidazole rings is 1. The molecule has 2 aromatic heterocycles. The first-order valence-electron chi connectivity index (χ1n) is 7.31. The molecule has 0 saturated heterocycles. The molecule has 2 aromatic carbocycles. The second-order valence-corrected chi connectivity index (χ2v) is 5.44. The number of nitrogens with one attached hydrogen (secondary N) is 1. The second-order valence-electron chi connectivity index (χ2n) is 5.44. The molecule has 0 saturated carbocycles. The van der Waals surface area contributed by atoms with Crippen molar-refractivity contribution in [2.75, 3.05) is 0 Å². The van der Waals surface area contributed by atoms with Crippen LogP contribution in [0.15, 0.2) is 64.8 Å². The first-order chi connectivity index (χ1) is 11.2. The second kappa shape index (κ2) is 5.21. The quantitative estimate of drug-likeness (QED) is 0.578. The van der Waals surface area contributed by atoms with Crippen molar-refractivity contribution in [2.45, 2.75) is 6.92 Å². The number of H-pyrrole nitrogens is 1. The molecule has 1 N–H and O–H groups in total. The number of pyridine rings is 1. The third-order valence-corrected chi connectivity index (χ3v) is 3.80. The van der Waals surface area contributed by atoms with Crippen LogP contribution < -0.4 is 5.43 Å². The Labute approximate surface area is 131 Å². The van der Waals surface area contributed by atoms with Crippen molar-refractivity contribution < 1.29 is 0 Å². The number of hydrogen-bond acceptors (Lipinski definition) is 3. The van der Waals surface area contributed by atoms with Gasteiger partial charge in [0.25, 0.3) is 0 Å². The Bertz CT molecular complexity index is 1090. The summed E-state index contributed by atoms with van der Waals surface area (Å²) in [5.74, 6) is 0. The van der Waals surface area contributed by atoms with E-state index in [1.54, 1.807) is 23.3 Å². The molecule has 2 heterocycles. The molecular weight excluding hydrogens is 288 g/mol. The Kier molecular flexibility index (Phi) is 3.05. The van der Waals surface area contributed by atoms with Crippen molar-refractivity contribution in [3.63, 3.8) is 0 Å². The van der Waals surface area contributed by atoms with Crippen LogP contribution in [-0.4, -0.2) is 20.9 Å². The van der Waals surface area contributed by atoms with Crippen LogP contribution in [0.25, 0.3) is 22.1 Å². The number of para-hydroxylation sites is 1. The molecule has 5 nitrogen and oxygen atoms in total. The SMILES string of the molecule is Cc1ccc(C=Nn2cnc3c(=O)c4ccccc4[nH]c32)cc1. The van der Waals surface area contributed by atoms with Gasteiger partial charge in [0.15, 0.2) is 11.2 Å². The van der Waals surface area contributed by atoms with E-state index in [0.717, 1.165) is 11.1 Å².